The standard InChI is InChI=1S/C15H26F3N3O/c1-2-20-9-3-5-12(20)13-6-4-10-21(13)14(22)7-8-19-11-15(16,17)18/h12-13,19H,2-11H2,1H3. The molecule has 0 radical (unpaired) electrons. The number of carbonyl (C=O) groups excluding carboxylic acids is 1. The summed E-state index contributed by atoms with van der Waals surface area (Å²) in [7, 11) is 0. The number of likely N-dealkylation sites (N-methyl/N-ethyl adjacent to an activating group) is 1. The summed E-state index contributed by atoms with van der Waals surface area (Å²) >= 11 is 0. The summed E-state index contributed by atoms with van der Waals surface area (Å²) in [4.78, 5) is 16.7. The number of hydrogen-bond donors (Lipinski definition) is 1. The summed E-state index contributed by atoms with van der Waals surface area (Å²) in [6.45, 7) is 4.03. The average Bonchev–Trinajstić information content (AvgIpc) is 3.09. The van der Waals surface area contributed by atoms with Gasteiger partial charge in [-0.1, -0.05) is 6.92 Å². The Kier molecular flexibility index (Phi) is 6.09. The summed E-state index contributed by atoms with van der Waals surface area (Å²) in [5.74, 6) is -0.0138. The van der Waals surface area contributed by atoms with E-state index < -0.39 is 12.7 Å². The number of carbonyl (C=O) groups is 1. The van der Waals surface area contributed by atoms with Crippen LogP contribution < -0.4 is 5.32 Å². The average molecular weight is 321 g/mol. The van der Waals surface area contributed by atoms with Crippen LogP contribution in [0.1, 0.15) is 39.0 Å². The third-order valence-corrected chi connectivity index (χ3v) is 4.73. The highest BCUT2D eigenvalue weighted by molar-refractivity contribution is 5.77. The van der Waals surface area contributed by atoms with Gasteiger partial charge in [-0.05, 0) is 38.8 Å². The summed E-state index contributed by atoms with van der Waals surface area (Å²) in [6.07, 6.45) is 0.234. The van der Waals surface area contributed by atoms with Gasteiger partial charge in [0.1, 0.15) is 0 Å². The van der Waals surface area contributed by atoms with Gasteiger partial charge in [-0.25, -0.2) is 0 Å². The molecule has 2 heterocycles. The van der Waals surface area contributed by atoms with Crippen LogP contribution in [-0.4, -0.2) is 66.7 Å². The van der Waals surface area contributed by atoms with Crippen molar-refractivity contribution in [1.82, 2.24) is 15.1 Å². The molecule has 0 aromatic heterocycles. The van der Waals surface area contributed by atoms with Gasteiger partial charge in [0.25, 0.3) is 0 Å². The number of likely N-dealkylation sites (tertiary alicyclic amines) is 2. The summed E-state index contributed by atoms with van der Waals surface area (Å²) in [5.41, 5.74) is 0. The predicted octanol–water partition coefficient (Wildman–Crippen LogP) is 2.00. The molecule has 1 amide bonds. The van der Waals surface area contributed by atoms with Crippen molar-refractivity contribution in [1.29, 1.82) is 0 Å². The summed E-state index contributed by atoms with van der Waals surface area (Å²) in [6, 6.07) is 0.678. The Morgan fingerprint density at radius 2 is 1.86 bits per heavy atom. The van der Waals surface area contributed by atoms with Crippen LogP contribution in [-0.2, 0) is 4.79 Å². The Bertz CT molecular complexity index is 376. The van der Waals surface area contributed by atoms with Gasteiger partial charge in [-0.3, -0.25) is 9.69 Å². The Hall–Kier alpha value is -0.820. The summed E-state index contributed by atoms with van der Waals surface area (Å²) in [5, 5.41) is 2.30. The molecule has 22 heavy (non-hydrogen) atoms. The maximum absolute atomic E-state index is 12.3. The van der Waals surface area contributed by atoms with Crippen LogP contribution in [0.3, 0.4) is 0 Å². The van der Waals surface area contributed by atoms with Crippen LogP contribution in [0.4, 0.5) is 13.2 Å². The van der Waals surface area contributed by atoms with Crippen molar-refractivity contribution in [3.05, 3.63) is 0 Å². The topological polar surface area (TPSA) is 35.6 Å². The third-order valence-electron chi connectivity index (χ3n) is 4.73. The zero-order valence-electron chi connectivity index (χ0n) is 13.2. The molecule has 2 fully saturated rings. The van der Waals surface area contributed by atoms with Gasteiger partial charge < -0.3 is 10.2 Å². The molecule has 2 rings (SSSR count). The largest absolute Gasteiger partial charge is 0.401 e. The molecule has 2 saturated heterocycles. The van der Waals surface area contributed by atoms with Crippen LogP contribution in [0.2, 0.25) is 0 Å². The van der Waals surface area contributed by atoms with E-state index >= 15 is 0 Å². The van der Waals surface area contributed by atoms with E-state index in [0.717, 1.165) is 38.9 Å². The minimum atomic E-state index is -4.22. The Morgan fingerprint density at radius 1 is 1.18 bits per heavy atom. The van der Waals surface area contributed by atoms with Crippen molar-refractivity contribution in [3.8, 4) is 0 Å². The predicted molar refractivity (Wildman–Crippen MR) is 78.5 cm³/mol. The molecule has 2 aliphatic rings. The van der Waals surface area contributed by atoms with Crippen molar-refractivity contribution in [2.24, 2.45) is 0 Å². The highest BCUT2D eigenvalue weighted by atomic mass is 19.4. The maximum Gasteiger partial charge on any atom is 0.401 e. The normalized spacial score (nSPS) is 26.8. The molecular weight excluding hydrogens is 295 g/mol. The number of rotatable bonds is 6. The van der Waals surface area contributed by atoms with Crippen LogP contribution >= 0.6 is 0 Å². The molecule has 0 aromatic rings. The maximum atomic E-state index is 12.3. The lowest BCUT2D eigenvalue weighted by Crippen LogP contribution is -2.48. The van der Waals surface area contributed by atoms with Crippen molar-refractivity contribution in [3.63, 3.8) is 0 Å². The minimum Gasteiger partial charge on any atom is -0.338 e. The van der Waals surface area contributed by atoms with Gasteiger partial charge in [0.15, 0.2) is 0 Å². The van der Waals surface area contributed by atoms with E-state index in [4.69, 9.17) is 0 Å². The number of alkyl halides is 3. The Labute approximate surface area is 130 Å². The van der Waals surface area contributed by atoms with Crippen molar-refractivity contribution >= 4 is 5.91 Å². The third kappa shape index (κ3) is 4.59. The number of nitrogens with one attached hydrogen (secondary N) is 1. The lowest BCUT2D eigenvalue weighted by atomic mass is 10.0. The quantitative estimate of drug-likeness (QED) is 0.760. The molecule has 0 aliphatic carbocycles. The number of amides is 1. The first kappa shape index (κ1) is 17.5. The van der Waals surface area contributed by atoms with E-state index in [9.17, 15) is 18.0 Å². The molecule has 2 aliphatic heterocycles. The van der Waals surface area contributed by atoms with E-state index in [1.807, 2.05) is 4.90 Å². The second-order valence-corrected chi connectivity index (χ2v) is 6.18. The molecule has 128 valence electrons. The first-order valence-electron chi connectivity index (χ1n) is 8.23. The van der Waals surface area contributed by atoms with Crippen molar-refractivity contribution in [2.45, 2.75) is 57.3 Å². The molecule has 0 bridgehead atoms. The molecular formula is C15H26F3N3O. The van der Waals surface area contributed by atoms with E-state index in [1.54, 1.807) is 0 Å². The molecule has 7 heteroatoms. The minimum absolute atomic E-state index is 0.0138. The van der Waals surface area contributed by atoms with Gasteiger partial charge in [0.2, 0.25) is 5.91 Å². The molecule has 0 saturated carbocycles. The van der Waals surface area contributed by atoms with E-state index in [1.165, 1.54) is 6.42 Å². The zero-order valence-corrected chi connectivity index (χ0v) is 13.2. The molecule has 4 nitrogen and oxygen atoms in total. The van der Waals surface area contributed by atoms with E-state index in [-0.39, 0.29) is 24.9 Å². The lowest BCUT2D eigenvalue weighted by molar-refractivity contribution is -0.134. The van der Waals surface area contributed by atoms with Gasteiger partial charge in [0.05, 0.1) is 6.54 Å². The SMILES string of the molecule is CCN1CCCC1C1CCCN1C(=O)CCNCC(F)(F)F. The van der Waals surface area contributed by atoms with Gasteiger partial charge in [-0.2, -0.15) is 13.2 Å². The van der Waals surface area contributed by atoms with E-state index in [2.05, 4.69) is 17.1 Å². The van der Waals surface area contributed by atoms with Gasteiger partial charge in [0, 0.05) is 31.6 Å². The fourth-order valence-corrected chi connectivity index (χ4v) is 3.75. The lowest BCUT2D eigenvalue weighted by Gasteiger charge is -2.34. The number of nitrogens with zero attached hydrogens (tertiary/aromatic N) is 2. The molecule has 2 atom stereocenters. The molecule has 0 spiro atoms. The Balaban J connectivity index is 1.81. The van der Waals surface area contributed by atoms with Crippen molar-refractivity contribution in [2.75, 3.05) is 32.7 Å². The fraction of sp³-hybridized carbons (Fsp3) is 0.933. The fourth-order valence-electron chi connectivity index (χ4n) is 3.75. The van der Waals surface area contributed by atoms with Crippen LogP contribution in [0.5, 0.6) is 0 Å². The smallest absolute Gasteiger partial charge is 0.338 e. The van der Waals surface area contributed by atoms with Crippen LogP contribution in [0, 0.1) is 0 Å². The molecule has 0 aromatic carbocycles. The molecule has 2 unspecified atom stereocenters. The molecule has 1 N–H and O–H groups in total. The number of hydrogen-bond acceptors (Lipinski definition) is 3. The van der Waals surface area contributed by atoms with Gasteiger partial charge >= 0.3 is 6.18 Å². The highest BCUT2D eigenvalue weighted by Gasteiger charge is 2.38. The first-order valence-corrected chi connectivity index (χ1v) is 8.23. The first-order chi connectivity index (χ1) is 10.4. The second kappa shape index (κ2) is 7.64. The van der Waals surface area contributed by atoms with E-state index in [0.29, 0.717) is 6.04 Å². The summed E-state index contributed by atoms with van der Waals surface area (Å²) < 4.78 is 36.2. The van der Waals surface area contributed by atoms with Crippen LogP contribution in [0.15, 0.2) is 0 Å². The highest BCUT2D eigenvalue weighted by Crippen LogP contribution is 2.30. The van der Waals surface area contributed by atoms with Gasteiger partial charge in [-0.15, -0.1) is 0 Å². The second-order valence-electron chi connectivity index (χ2n) is 6.18. The van der Waals surface area contributed by atoms with Crippen molar-refractivity contribution < 1.29 is 18.0 Å². The Morgan fingerprint density at radius 3 is 2.55 bits per heavy atom. The monoisotopic (exact) mass is 321 g/mol. The number of halogens is 3. The van der Waals surface area contributed by atoms with Crippen LogP contribution in [0.25, 0.3) is 0 Å². The zero-order chi connectivity index (χ0) is 16.2.